The average Bonchev–Trinajstić information content (AvgIpc) is 2.92. The molecule has 0 fully saturated rings. The van der Waals surface area contributed by atoms with Gasteiger partial charge in [-0.25, -0.2) is 9.78 Å². The summed E-state index contributed by atoms with van der Waals surface area (Å²) in [6.07, 6.45) is 0.612. The van der Waals surface area contributed by atoms with Gasteiger partial charge in [-0.2, -0.15) is 0 Å². The van der Waals surface area contributed by atoms with E-state index < -0.39 is 5.97 Å². The quantitative estimate of drug-likeness (QED) is 0.690. The summed E-state index contributed by atoms with van der Waals surface area (Å²) in [4.78, 5) is 16.1. The number of aromatic nitrogens is 1. The molecule has 0 aromatic carbocycles. The maximum atomic E-state index is 11.8. The zero-order chi connectivity index (χ0) is 14.0. The molecule has 2 aromatic heterocycles. The van der Waals surface area contributed by atoms with Crippen LogP contribution in [0.5, 0.6) is 0 Å². The van der Waals surface area contributed by atoms with E-state index in [0.29, 0.717) is 24.6 Å². The molecule has 0 N–H and O–H groups in total. The molecule has 2 rings (SSSR count). The van der Waals surface area contributed by atoms with Crippen molar-refractivity contribution < 1.29 is 13.9 Å². The lowest BCUT2D eigenvalue weighted by Gasteiger charge is -1.98. The van der Waals surface area contributed by atoms with E-state index in [1.807, 2.05) is 13.0 Å². The van der Waals surface area contributed by atoms with Gasteiger partial charge in [0.15, 0.2) is 0 Å². The zero-order valence-electron chi connectivity index (χ0n) is 10.3. The van der Waals surface area contributed by atoms with Crippen LogP contribution in [0.15, 0.2) is 18.1 Å². The van der Waals surface area contributed by atoms with E-state index in [1.165, 1.54) is 11.3 Å². The Morgan fingerprint density at radius 3 is 2.74 bits per heavy atom. The standard InChI is InChI=1S/C12H11Br2NO3S/c1-3-7-9(12(16)17-4-2)18-11(15-7)6-5-8(13)19-10(6)14/h5H,3-4H2,1-2H3. The third-order valence-corrected chi connectivity index (χ3v) is 4.72. The van der Waals surface area contributed by atoms with Gasteiger partial charge < -0.3 is 9.15 Å². The van der Waals surface area contributed by atoms with E-state index in [-0.39, 0.29) is 5.76 Å². The maximum absolute atomic E-state index is 11.8. The van der Waals surface area contributed by atoms with E-state index in [9.17, 15) is 4.79 Å². The number of hydrogen-bond donors (Lipinski definition) is 0. The summed E-state index contributed by atoms with van der Waals surface area (Å²) in [6, 6.07) is 1.90. The number of thiophene rings is 1. The molecule has 2 heterocycles. The minimum Gasteiger partial charge on any atom is -0.460 e. The van der Waals surface area contributed by atoms with Gasteiger partial charge in [-0.1, -0.05) is 6.92 Å². The van der Waals surface area contributed by atoms with Crippen molar-refractivity contribution in [1.82, 2.24) is 4.98 Å². The largest absolute Gasteiger partial charge is 0.460 e. The molecular weight excluding hydrogens is 398 g/mol. The Morgan fingerprint density at radius 1 is 1.47 bits per heavy atom. The first-order valence-electron chi connectivity index (χ1n) is 5.68. The molecule has 0 radical (unpaired) electrons. The molecule has 0 saturated carbocycles. The number of hydrogen-bond acceptors (Lipinski definition) is 5. The van der Waals surface area contributed by atoms with Gasteiger partial charge in [0.05, 0.1) is 25.4 Å². The maximum Gasteiger partial charge on any atom is 0.376 e. The molecule has 0 unspecified atom stereocenters. The second-order valence-electron chi connectivity index (χ2n) is 3.61. The molecule has 2 aromatic rings. The van der Waals surface area contributed by atoms with Gasteiger partial charge in [0.25, 0.3) is 0 Å². The highest BCUT2D eigenvalue weighted by Gasteiger charge is 2.22. The van der Waals surface area contributed by atoms with Crippen molar-refractivity contribution in [3.05, 3.63) is 25.1 Å². The molecule has 0 atom stereocenters. The lowest BCUT2D eigenvalue weighted by Crippen LogP contribution is -2.05. The number of esters is 1. The zero-order valence-corrected chi connectivity index (χ0v) is 14.3. The van der Waals surface area contributed by atoms with E-state index in [4.69, 9.17) is 9.15 Å². The number of carbonyl (C=O) groups excluding carboxylic acids is 1. The smallest absolute Gasteiger partial charge is 0.376 e. The van der Waals surface area contributed by atoms with Crippen LogP contribution in [-0.2, 0) is 11.2 Å². The minimum atomic E-state index is -0.469. The Labute approximate surface area is 131 Å². The number of carbonyl (C=O) groups is 1. The van der Waals surface area contributed by atoms with Crippen LogP contribution >= 0.6 is 43.2 Å². The minimum absolute atomic E-state index is 0.188. The molecule has 0 bridgehead atoms. The summed E-state index contributed by atoms with van der Waals surface area (Å²) < 4.78 is 12.4. The number of aryl methyl sites for hydroxylation is 1. The van der Waals surface area contributed by atoms with E-state index in [2.05, 4.69) is 36.8 Å². The van der Waals surface area contributed by atoms with Crippen LogP contribution in [0.4, 0.5) is 0 Å². The average molecular weight is 409 g/mol. The molecule has 0 saturated heterocycles. The molecule has 0 aliphatic heterocycles. The SMILES string of the molecule is CCOC(=O)c1oc(-c2cc(Br)sc2Br)nc1CC. The molecule has 0 aliphatic carbocycles. The van der Waals surface area contributed by atoms with Crippen LogP contribution in [0.3, 0.4) is 0 Å². The lowest BCUT2D eigenvalue weighted by molar-refractivity contribution is 0.0489. The molecule has 7 heteroatoms. The Bertz CT molecular complexity index is 606. The number of ether oxygens (including phenoxy) is 1. The van der Waals surface area contributed by atoms with Crippen LogP contribution in [-0.4, -0.2) is 17.6 Å². The van der Waals surface area contributed by atoms with E-state index in [1.54, 1.807) is 6.92 Å². The van der Waals surface area contributed by atoms with Gasteiger partial charge in [0, 0.05) is 0 Å². The van der Waals surface area contributed by atoms with Gasteiger partial charge in [-0.15, -0.1) is 11.3 Å². The Morgan fingerprint density at radius 2 is 2.21 bits per heavy atom. The van der Waals surface area contributed by atoms with Gasteiger partial charge >= 0.3 is 5.97 Å². The van der Waals surface area contributed by atoms with Crippen LogP contribution in [0.2, 0.25) is 0 Å². The first kappa shape index (κ1) is 14.7. The number of oxazole rings is 1. The number of rotatable bonds is 4. The summed E-state index contributed by atoms with van der Waals surface area (Å²) in [5, 5.41) is 0. The molecule has 0 spiro atoms. The van der Waals surface area contributed by atoms with Crippen molar-refractivity contribution in [2.24, 2.45) is 0 Å². The van der Waals surface area contributed by atoms with Gasteiger partial charge in [-0.05, 0) is 51.3 Å². The Balaban J connectivity index is 2.44. The summed E-state index contributed by atoms with van der Waals surface area (Å²) in [6.45, 7) is 3.99. The highest BCUT2D eigenvalue weighted by molar-refractivity contribution is 9.12. The third-order valence-electron chi connectivity index (χ3n) is 2.38. The van der Waals surface area contributed by atoms with Crippen molar-refractivity contribution in [3.63, 3.8) is 0 Å². The fourth-order valence-electron chi connectivity index (χ4n) is 1.55. The van der Waals surface area contributed by atoms with Crippen LogP contribution in [0, 0.1) is 0 Å². The van der Waals surface area contributed by atoms with Gasteiger partial charge in [-0.3, -0.25) is 0 Å². The molecule has 19 heavy (non-hydrogen) atoms. The monoisotopic (exact) mass is 407 g/mol. The van der Waals surface area contributed by atoms with Crippen LogP contribution in [0.25, 0.3) is 11.5 Å². The summed E-state index contributed by atoms with van der Waals surface area (Å²) in [5.74, 6) is 0.144. The fourth-order valence-corrected chi connectivity index (χ4v) is 4.33. The van der Waals surface area contributed by atoms with Gasteiger partial charge in [0.1, 0.15) is 0 Å². The Hall–Kier alpha value is -0.660. The second-order valence-corrected chi connectivity index (χ2v) is 7.36. The highest BCUT2D eigenvalue weighted by Crippen LogP contribution is 2.38. The molecule has 0 aliphatic rings. The first-order valence-corrected chi connectivity index (χ1v) is 8.09. The number of nitrogens with zero attached hydrogens (tertiary/aromatic N) is 1. The predicted molar refractivity (Wildman–Crippen MR) is 80.6 cm³/mol. The normalized spacial score (nSPS) is 10.7. The highest BCUT2D eigenvalue weighted by atomic mass is 79.9. The predicted octanol–water partition coefficient (Wildman–Crippen LogP) is 4.67. The third kappa shape index (κ3) is 3.09. The van der Waals surface area contributed by atoms with E-state index >= 15 is 0 Å². The molecule has 0 amide bonds. The van der Waals surface area contributed by atoms with Crippen molar-refractivity contribution in [1.29, 1.82) is 0 Å². The molecular formula is C12H11Br2NO3S. The second kappa shape index (κ2) is 6.19. The van der Waals surface area contributed by atoms with Gasteiger partial charge in [0.2, 0.25) is 11.7 Å². The summed E-state index contributed by atoms with van der Waals surface area (Å²) in [7, 11) is 0. The molecule has 4 nitrogen and oxygen atoms in total. The summed E-state index contributed by atoms with van der Waals surface area (Å²) in [5.41, 5.74) is 1.43. The summed E-state index contributed by atoms with van der Waals surface area (Å²) >= 11 is 8.38. The van der Waals surface area contributed by atoms with Crippen LogP contribution in [0.1, 0.15) is 30.1 Å². The molecule has 102 valence electrons. The van der Waals surface area contributed by atoms with Crippen molar-refractivity contribution in [2.75, 3.05) is 6.61 Å². The Kier molecular flexibility index (Phi) is 4.81. The van der Waals surface area contributed by atoms with Crippen molar-refractivity contribution in [2.45, 2.75) is 20.3 Å². The van der Waals surface area contributed by atoms with E-state index in [0.717, 1.165) is 13.1 Å². The van der Waals surface area contributed by atoms with Crippen LogP contribution < -0.4 is 0 Å². The lowest BCUT2D eigenvalue weighted by atomic mass is 10.3. The van der Waals surface area contributed by atoms with Crippen molar-refractivity contribution >= 4 is 49.2 Å². The first-order chi connectivity index (χ1) is 9.06. The topological polar surface area (TPSA) is 52.3 Å². The van der Waals surface area contributed by atoms with Crippen molar-refractivity contribution in [3.8, 4) is 11.5 Å². The number of halogens is 2. The fraction of sp³-hybridized carbons (Fsp3) is 0.333.